The van der Waals surface area contributed by atoms with E-state index in [-0.39, 0.29) is 18.4 Å². The molecule has 1 aliphatic rings. The number of fused-ring (bicyclic) bond motifs is 1. The lowest BCUT2D eigenvalue weighted by molar-refractivity contribution is -0.117. The molecule has 2 aromatic carbocycles. The van der Waals surface area contributed by atoms with Gasteiger partial charge in [-0.05, 0) is 24.3 Å². The van der Waals surface area contributed by atoms with Crippen LogP contribution < -0.4 is 10.6 Å². The minimum atomic E-state index is -0.191. The van der Waals surface area contributed by atoms with Crippen LogP contribution in [0.1, 0.15) is 5.56 Å². The summed E-state index contributed by atoms with van der Waals surface area (Å²) in [7, 11) is 0. The standard InChI is InChI=1S/C20H15N3O2S2/c24-18(21-14-6-2-1-3-7-14)12-23-11-13(15-8-4-5-9-16(15)23)10-17-19(25)22-20(26)27-17/h1-11H,12H2,(H,21,24)(H,22,25,26)/b17-10+. The van der Waals surface area contributed by atoms with Crippen molar-refractivity contribution in [3.8, 4) is 0 Å². The van der Waals surface area contributed by atoms with Crippen LogP contribution in [0.4, 0.5) is 5.69 Å². The Morgan fingerprint density at radius 3 is 2.63 bits per heavy atom. The molecule has 0 spiro atoms. The van der Waals surface area contributed by atoms with Crippen molar-refractivity contribution in [3.05, 3.63) is 71.3 Å². The predicted octanol–water partition coefficient (Wildman–Crippen LogP) is 3.77. The highest BCUT2D eigenvalue weighted by atomic mass is 32.2. The number of hydrogen-bond acceptors (Lipinski definition) is 4. The topological polar surface area (TPSA) is 63.1 Å². The van der Waals surface area contributed by atoms with Gasteiger partial charge in [-0.1, -0.05) is 60.4 Å². The van der Waals surface area contributed by atoms with Gasteiger partial charge in [0.15, 0.2) is 0 Å². The Hall–Kier alpha value is -2.90. The molecule has 1 aromatic heterocycles. The average molecular weight is 393 g/mol. The molecule has 27 heavy (non-hydrogen) atoms. The van der Waals surface area contributed by atoms with Crippen molar-refractivity contribution in [2.45, 2.75) is 6.54 Å². The zero-order valence-corrected chi connectivity index (χ0v) is 15.8. The van der Waals surface area contributed by atoms with Crippen LogP contribution in [0.3, 0.4) is 0 Å². The number of thiocarbonyl (C=S) groups is 1. The number of anilines is 1. The van der Waals surface area contributed by atoms with Crippen LogP contribution in [0.2, 0.25) is 0 Å². The van der Waals surface area contributed by atoms with Gasteiger partial charge in [-0.25, -0.2) is 0 Å². The first-order valence-corrected chi connectivity index (χ1v) is 9.50. The lowest BCUT2D eigenvalue weighted by Crippen LogP contribution is -2.18. The molecule has 0 unspecified atom stereocenters. The molecular weight excluding hydrogens is 378 g/mol. The third-order valence-corrected chi connectivity index (χ3v) is 5.28. The molecule has 0 radical (unpaired) electrons. The number of para-hydroxylation sites is 2. The first kappa shape index (κ1) is 17.5. The highest BCUT2D eigenvalue weighted by Crippen LogP contribution is 2.29. The summed E-state index contributed by atoms with van der Waals surface area (Å²) in [4.78, 5) is 24.9. The van der Waals surface area contributed by atoms with Gasteiger partial charge in [0.25, 0.3) is 5.91 Å². The van der Waals surface area contributed by atoms with Crippen LogP contribution in [-0.2, 0) is 16.1 Å². The van der Waals surface area contributed by atoms with Gasteiger partial charge in [0.2, 0.25) is 5.91 Å². The second-order valence-corrected chi connectivity index (χ2v) is 7.71. The third-order valence-electron chi connectivity index (χ3n) is 4.12. The number of rotatable bonds is 4. The molecule has 1 aliphatic heterocycles. The number of hydrogen-bond donors (Lipinski definition) is 2. The van der Waals surface area contributed by atoms with E-state index in [1.54, 1.807) is 0 Å². The van der Waals surface area contributed by atoms with E-state index in [9.17, 15) is 9.59 Å². The van der Waals surface area contributed by atoms with Gasteiger partial charge in [0.05, 0.1) is 4.91 Å². The van der Waals surface area contributed by atoms with Crippen molar-refractivity contribution >= 4 is 62.8 Å². The van der Waals surface area contributed by atoms with E-state index in [2.05, 4.69) is 10.6 Å². The first-order valence-electron chi connectivity index (χ1n) is 8.28. The van der Waals surface area contributed by atoms with E-state index in [0.717, 1.165) is 22.2 Å². The number of carbonyl (C=O) groups excluding carboxylic acids is 2. The second kappa shape index (κ2) is 7.38. The van der Waals surface area contributed by atoms with E-state index < -0.39 is 0 Å². The van der Waals surface area contributed by atoms with Crippen LogP contribution in [-0.4, -0.2) is 20.7 Å². The molecule has 134 valence electrons. The number of benzene rings is 2. The van der Waals surface area contributed by atoms with Crippen molar-refractivity contribution in [3.63, 3.8) is 0 Å². The molecule has 0 saturated carbocycles. The lowest BCUT2D eigenvalue weighted by atomic mass is 10.1. The number of amides is 2. The van der Waals surface area contributed by atoms with Gasteiger partial charge >= 0.3 is 0 Å². The van der Waals surface area contributed by atoms with Crippen LogP contribution in [0.5, 0.6) is 0 Å². The molecule has 0 bridgehead atoms. The minimum absolute atomic E-state index is 0.115. The Kier molecular flexibility index (Phi) is 4.79. The molecule has 0 atom stereocenters. The average Bonchev–Trinajstić information content (AvgIpc) is 3.16. The van der Waals surface area contributed by atoms with Crippen molar-refractivity contribution < 1.29 is 9.59 Å². The fourth-order valence-electron chi connectivity index (χ4n) is 2.96. The first-order chi connectivity index (χ1) is 13.1. The Balaban J connectivity index is 1.64. The summed E-state index contributed by atoms with van der Waals surface area (Å²) in [6.07, 6.45) is 3.70. The van der Waals surface area contributed by atoms with E-state index >= 15 is 0 Å². The molecule has 3 aromatic rings. The van der Waals surface area contributed by atoms with Gasteiger partial charge < -0.3 is 15.2 Å². The lowest BCUT2D eigenvalue weighted by Gasteiger charge is -2.07. The summed E-state index contributed by atoms with van der Waals surface area (Å²) < 4.78 is 2.34. The molecular formula is C20H15N3O2S2. The van der Waals surface area contributed by atoms with Crippen LogP contribution >= 0.6 is 24.0 Å². The summed E-state index contributed by atoms with van der Waals surface area (Å²) in [5.74, 6) is -0.307. The molecule has 2 N–H and O–H groups in total. The van der Waals surface area contributed by atoms with Gasteiger partial charge in [-0.3, -0.25) is 9.59 Å². The maximum absolute atomic E-state index is 12.4. The van der Waals surface area contributed by atoms with E-state index in [0.29, 0.717) is 9.23 Å². The fraction of sp³-hybridized carbons (Fsp3) is 0.0500. The Morgan fingerprint density at radius 1 is 1.15 bits per heavy atom. The van der Waals surface area contributed by atoms with Crippen molar-refractivity contribution in [1.29, 1.82) is 0 Å². The molecule has 1 fully saturated rings. The molecule has 5 nitrogen and oxygen atoms in total. The molecule has 0 aliphatic carbocycles. The largest absolute Gasteiger partial charge is 0.337 e. The van der Waals surface area contributed by atoms with Crippen LogP contribution in [0, 0.1) is 0 Å². The normalized spacial score (nSPS) is 15.3. The maximum atomic E-state index is 12.4. The smallest absolute Gasteiger partial charge is 0.263 e. The van der Waals surface area contributed by atoms with Gasteiger partial charge in [0, 0.05) is 28.4 Å². The Bertz CT molecular complexity index is 1090. The van der Waals surface area contributed by atoms with Crippen molar-refractivity contribution in [2.75, 3.05) is 5.32 Å². The number of carbonyl (C=O) groups is 2. The highest BCUT2D eigenvalue weighted by molar-refractivity contribution is 8.26. The number of thioether (sulfide) groups is 1. The van der Waals surface area contributed by atoms with Gasteiger partial charge in [-0.2, -0.15) is 0 Å². The van der Waals surface area contributed by atoms with Gasteiger partial charge in [-0.15, -0.1) is 0 Å². The monoisotopic (exact) mass is 393 g/mol. The SMILES string of the molecule is O=C(Cn1cc(/C=C2/SC(=S)NC2=O)c2ccccc21)Nc1ccccc1. The summed E-state index contributed by atoms with van der Waals surface area (Å²) in [5.41, 5.74) is 2.56. The van der Waals surface area contributed by atoms with Crippen molar-refractivity contribution in [2.24, 2.45) is 0 Å². The van der Waals surface area contributed by atoms with E-state index in [1.807, 2.05) is 71.4 Å². The Labute approximate surface area is 165 Å². The fourth-order valence-corrected chi connectivity index (χ4v) is 4.00. The molecule has 7 heteroatoms. The summed E-state index contributed by atoms with van der Waals surface area (Å²) in [6.45, 7) is 0.177. The summed E-state index contributed by atoms with van der Waals surface area (Å²) in [5, 5.41) is 6.48. The van der Waals surface area contributed by atoms with Gasteiger partial charge in [0.1, 0.15) is 10.9 Å². The molecule has 4 rings (SSSR count). The van der Waals surface area contributed by atoms with Crippen LogP contribution in [0.25, 0.3) is 17.0 Å². The highest BCUT2D eigenvalue weighted by Gasteiger charge is 2.22. The maximum Gasteiger partial charge on any atom is 0.263 e. The zero-order valence-electron chi connectivity index (χ0n) is 14.1. The molecule has 1 saturated heterocycles. The molecule has 2 amide bonds. The number of nitrogens with one attached hydrogen (secondary N) is 2. The predicted molar refractivity (Wildman–Crippen MR) is 113 cm³/mol. The number of aromatic nitrogens is 1. The van der Waals surface area contributed by atoms with E-state index in [1.165, 1.54) is 11.8 Å². The Morgan fingerprint density at radius 2 is 1.89 bits per heavy atom. The molecule has 2 heterocycles. The number of nitrogens with zero attached hydrogens (tertiary/aromatic N) is 1. The third kappa shape index (κ3) is 3.79. The van der Waals surface area contributed by atoms with Crippen LogP contribution in [0.15, 0.2) is 65.7 Å². The summed E-state index contributed by atoms with van der Waals surface area (Å²) in [6, 6.07) is 17.1. The quantitative estimate of drug-likeness (QED) is 0.523. The van der Waals surface area contributed by atoms with E-state index in [4.69, 9.17) is 12.2 Å². The van der Waals surface area contributed by atoms with Crippen molar-refractivity contribution in [1.82, 2.24) is 9.88 Å². The summed E-state index contributed by atoms with van der Waals surface area (Å²) >= 11 is 6.29. The zero-order chi connectivity index (χ0) is 18.8. The second-order valence-electron chi connectivity index (χ2n) is 6.00. The minimum Gasteiger partial charge on any atom is -0.337 e.